The molecule has 0 bridgehead atoms. The van der Waals surface area contributed by atoms with Crippen LogP contribution >= 0.6 is 23.2 Å². The molecule has 0 unspecified atom stereocenters. The fourth-order valence-electron chi connectivity index (χ4n) is 2.07. The number of hydrogen-bond acceptors (Lipinski definition) is 4. The van der Waals surface area contributed by atoms with Crippen LogP contribution in [0.4, 0.5) is 4.39 Å². The minimum Gasteiger partial charge on any atom is -0.277 e. The molecular formula is C14H10Cl2FN5O2. The van der Waals surface area contributed by atoms with E-state index >= 15 is 0 Å². The van der Waals surface area contributed by atoms with Crippen LogP contribution in [-0.4, -0.2) is 24.1 Å². The third-order valence-corrected chi connectivity index (χ3v) is 3.98. The van der Waals surface area contributed by atoms with E-state index in [0.717, 1.165) is 10.6 Å². The lowest BCUT2D eigenvalue weighted by Gasteiger charge is -2.07. The molecule has 2 heterocycles. The minimum atomic E-state index is -0.563. The van der Waals surface area contributed by atoms with Crippen LogP contribution < -0.4 is 11.2 Å². The zero-order valence-corrected chi connectivity index (χ0v) is 13.8. The Morgan fingerprint density at radius 1 is 1.21 bits per heavy atom. The van der Waals surface area contributed by atoms with Gasteiger partial charge >= 0.3 is 5.69 Å². The summed E-state index contributed by atoms with van der Waals surface area (Å²) in [5.41, 5.74) is -0.116. The molecule has 0 aliphatic heterocycles. The molecule has 24 heavy (non-hydrogen) atoms. The second-order valence-corrected chi connectivity index (χ2v) is 5.78. The van der Waals surface area contributed by atoms with Crippen molar-refractivity contribution in [3.8, 4) is 5.69 Å². The van der Waals surface area contributed by atoms with Gasteiger partial charge in [-0.05, 0) is 18.2 Å². The summed E-state index contributed by atoms with van der Waals surface area (Å²) in [6.45, 7) is 0.0285. The van der Waals surface area contributed by atoms with Gasteiger partial charge in [0.15, 0.2) is 0 Å². The van der Waals surface area contributed by atoms with Gasteiger partial charge in [-0.25, -0.2) is 13.9 Å². The average molecular weight is 370 g/mol. The van der Waals surface area contributed by atoms with Gasteiger partial charge in [-0.1, -0.05) is 28.4 Å². The van der Waals surface area contributed by atoms with E-state index in [1.54, 1.807) is 6.20 Å². The van der Waals surface area contributed by atoms with E-state index in [0.29, 0.717) is 11.4 Å². The molecule has 0 radical (unpaired) electrons. The van der Waals surface area contributed by atoms with Crippen molar-refractivity contribution in [3.05, 3.63) is 73.0 Å². The normalized spacial score (nSPS) is 11.0. The Labute approximate surface area is 144 Å². The van der Waals surface area contributed by atoms with Gasteiger partial charge in [-0.15, -0.1) is 5.10 Å². The number of aromatic nitrogens is 5. The molecule has 0 fully saturated rings. The molecule has 0 aliphatic carbocycles. The van der Waals surface area contributed by atoms with Gasteiger partial charge in [0.2, 0.25) is 0 Å². The molecule has 2 aromatic heterocycles. The third-order valence-electron chi connectivity index (χ3n) is 3.38. The molecule has 1 aromatic carbocycles. The van der Waals surface area contributed by atoms with E-state index in [9.17, 15) is 14.0 Å². The highest BCUT2D eigenvalue weighted by Crippen LogP contribution is 2.18. The van der Waals surface area contributed by atoms with E-state index in [1.807, 2.05) is 0 Å². The van der Waals surface area contributed by atoms with E-state index in [1.165, 1.54) is 34.5 Å². The fraction of sp³-hybridized carbons (Fsp3) is 0.143. The van der Waals surface area contributed by atoms with E-state index in [2.05, 4.69) is 10.3 Å². The van der Waals surface area contributed by atoms with E-state index in [4.69, 9.17) is 23.2 Å². The lowest BCUT2D eigenvalue weighted by molar-refractivity contribution is 0.627. The van der Waals surface area contributed by atoms with Gasteiger partial charge in [0, 0.05) is 13.1 Å². The Balaban J connectivity index is 1.95. The van der Waals surface area contributed by atoms with Crippen LogP contribution in [0.25, 0.3) is 5.69 Å². The smallest absolute Gasteiger partial charge is 0.277 e. The van der Waals surface area contributed by atoms with E-state index in [-0.39, 0.29) is 16.7 Å². The van der Waals surface area contributed by atoms with Crippen LogP contribution in [0.1, 0.15) is 5.69 Å². The highest BCUT2D eigenvalue weighted by atomic mass is 35.5. The Hall–Kier alpha value is -2.45. The Bertz CT molecular complexity index is 1040. The highest BCUT2D eigenvalue weighted by Gasteiger charge is 2.11. The Morgan fingerprint density at radius 2 is 1.96 bits per heavy atom. The van der Waals surface area contributed by atoms with Crippen molar-refractivity contribution >= 4 is 23.2 Å². The van der Waals surface area contributed by atoms with Crippen LogP contribution in [-0.2, 0) is 13.6 Å². The van der Waals surface area contributed by atoms with Crippen molar-refractivity contribution < 1.29 is 4.39 Å². The minimum absolute atomic E-state index is 0.00229. The first-order chi connectivity index (χ1) is 11.4. The highest BCUT2D eigenvalue weighted by molar-refractivity contribution is 6.30. The Kier molecular flexibility index (Phi) is 4.25. The molecule has 3 aromatic rings. The molecule has 0 amide bonds. The first-order valence-corrected chi connectivity index (χ1v) is 7.45. The maximum Gasteiger partial charge on any atom is 0.332 e. The lowest BCUT2D eigenvalue weighted by atomic mass is 10.3. The molecule has 0 aliphatic rings. The second-order valence-electron chi connectivity index (χ2n) is 4.99. The molecule has 7 nitrogen and oxygen atoms in total. The summed E-state index contributed by atoms with van der Waals surface area (Å²) in [7, 11) is 1.36. The summed E-state index contributed by atoms with van der Waals surface area (Å²) in [6.07, 6.45) is 1.55. The summed E-state index contributed by atoms with van der Waals surface area (Å²) in [6, 6.07) is 5.26. The largest absolute Gasteiger partial charge is 0.332 e. The molecule has 0 saturated heterocycles. The van der Waals surface area contributed by atoms with Crippen molar-refractivity contribution in [2.24, 2.45) is 7.05 Å². The number of rotatable bonds is 3. The van der Waals surface area contributed by atoms with E-state index < -0.39 is 17.1 Å². The zero-order chi connectivity index (χ0) is 17.4. The van der Waals surface area contributed by atoms with Gasteiger partial charge in [0.25, 0.3) is 5.56 Å². The SMILES string of the molecule is Cn1c(=O)cc(Cl)n(Cc2cn(-c3ccc(F)c(Cl)c3)nn2)c1=O. The second kappa shape index (κ2) is 6.21. The first kappa shape index (κ1) is 16.4. The van der Waals surface area contributed by atoms with Crippen molar-refractivity contribution in [2.45, 2.75) is 6.54 Å². The van der Waals surface area contributed by atoms with Crippen molar-refractivity contribution in [1.29, 1.82) is 0 Å². The maximum absolute atomic E-state index is 13.2. The summed E-state index contributed by atoms with van der Waals surface area (Å²) < 4.78 is 16.7. The van der Waals surface area contributed by atoms with Crippen molar-refractivity contribution in [2.75, 3.05) is 0 Å². The van der Waals surface area contributed by atoms with Crippen LogP contribution in [0.15, 0.2) is 40.1 Å². The molecule has 0 saturated carbocycles. The number of halogens is 3. The summed E-state index contributed by atoms with van der Waals surface area (Å²) in [5, 5.41) is 7.82. The van der Waals surface area contributed by atoms with Gasteiger partial charge in [-0.3, -0.25) is 13.9 Å². The predicted molar refractivity (Wildman–Crippen MR) is 86.4 cm³/mol. The maximum atomic E-state index is 13.2. The van der Waals surface area contributed by atoms with Gasteiger partial charge < -0.3 is 0 Å². The van der Waals surface area contributed by atoms with Crippen molar-refractivity contribution in [3.63, 3.8) is 0 Å². The van der Waals surface area contributed by atoms with Crippen molar-refractivity contribution in [1.82, 2.24) is 24.1 Å². The third kappa shape index (κ3) is 2.98. The summed E-state index contributed by atoms with van der Waals surface area (Å²) >= 11 is 11.7. The average Bonchev–Trinajstić information content (AvgIpc) is 3.01. The topological polar surface area (TPSA) is 74.7 Å². The molecular weight excluding hydrogens is 360 g/mol. The van der Waals surface area contributed by atoms with Gasteiger partial charge in [-0.2, -0.15) is 0 Å². The molecule has 0 atom stereocenters. The molecule has 0 N–H and O–H groups in total. The number of nitrogens with zero attached hydrogens (tertiary/aromatic N) is 5. The van der Waals surface area contributed by atoms with Crippen LogP contribution in [0.5, 0.6) is 0 Å². The molecule has 3 rings (SSSR count). The van der Waals surface area contributed by atoms with Gasteiger partial charge in [0.1, 0.15) is 16.7 Å². The lowest BCUT2D eigenvalue weighted by Crippen LogP contribution is -2.38. The zero-order valence-electron chi connectivity index (χ0n) is 12.3. The van der Waals surface area contributed by atoms with Crippen LogP contribution in [0.2, 0.25) is 10.2 Å². The number of benzene rings is 1. The first-order valence-electron chi connectivity index (χ1n) is 6.70. The summed E-state index contributed by atoms with van der Waals surface area (Å²) in [4.78, 5) is 23.6. The molecule has 10 heteroatoms. The molecule has 0 spiro atoms. The van der Waals surface area contributed by atoms with Gasteiger partial charge in [0.05, 0.1) is 23.5 Å². The Morgan fingerprint density at radius 3 is 2.67 bits per heavy atom. The van der Waals surface area contributed by atoms with Crippen LogP contribution in [0, 0.1) is 5.82 Å². The quantitative estimate of drug-likeness (QED) is 0.657. The molecule has 124 valence electrons. The predicted octanol–water partition coefficient (Wildman–Crippen LogP) is 1.62. The monoisotopic (exact) mass is 369 g/mol. The fourth-order valence-corrected chi connectivity index (χ4v) is 2.47. The number of hydrogen-bond donors (Lipinski definition) is 0. The van der Waals surface area contributed by atoms with Crippen LogP contribution in [0.3, 0.4) is 0 Å². The standard InChI is InChI=1S/C14H10Cl2FN5O2/c1-20-13(23)5-12(16)21(14(20)24)6-8-7-22(19-18-8)9-2-3-11(17)10(15)4-9/h2-5,7H,6H2,1H3. The summed E-state index contributed by atoms with van der Waals surface area (Å²) in [5.74, 6) is -0.538.